The molecule has 2 rings (SSSR count). The minimum absolute atomic E-state index is 0. The first-order valence-electron chi connectivity index (χ1n) is 8.09. The van der Waals surface area contributed by atoms with E-state index in [0.29, 0.717) is 36.4 Å². The number of guanidine groups is 1. The highest BCUT2D eigenvalue weighted by Gasteiger charge is 2.17. The normalized spacial score (nSPS) is 14.4. The van der Waals surface area contributed by atoms with Gasteiger partial charge in [0.15, 0.2) is 17.5 Å². The van der Waals surface area contributed by atoms with Crippen molar-refractivity contribution < 1.29 is 14.2 Å². The van der Waals surface area contributed by atoms with Gasteiger partial charge < -0.3 is 25.3 Å². The Balaban J connectivity index is 0.00000288. The molecule has 1 aromatic rings. The van der Waals surface area contributed by atoms with E-state index in [0.717, 1.165) is 18.0 Å². The fourth-order valence-corrected chi connectivity index (χ4v) is 2.49. The van der Waals surface area contributed by atoms with E-state index in [1.54, 1.807) is 14.2 Å². The Morgan fingerprint density at radius 2 is 1.88 bits per heavy atom. The SMILES string of the molecule is CCOc1c(OC)cc(CN=C(N)NCC2CCC2)cc1OC.I. The molecule has 3 N–H and O–H groups in total. The van der Waals surface area contributed by atoms with Crippen molar-refractivity contribution in [3.63, 3.8) is 0 Å². The molecular formula is C17H28IN3O3. The summed E-state index contributed by atoms with van der Waals surface area (Å²) in [5, 5.41) is 3.18. The number of nitrogens with zero attached hydrogens (tertiary/aromatic N) is 1. The van der Waals surface area contributed by atoms with Crippen LogP contribution in [-0.2, 0) is 6.54 Å². The highest BCUT2D eigenvalue weighted by molar-refractivity contribution is 14.0. The van der Waals surface area contributed by atoms with Crippen LogP contribution >= 0.6 is 24.0 Å². The summed E-state index contributed by atoms with van der Waals surface area (Å²) in [4.78, 5) is 4.38. The van der Waals surface area contributed by atoms with E-state index in [2.05, 4.69) is 10.3 Å². The summed E-state index contributed by atoms with van der Waals surface area (Å²) < 4.78 is 16.4. The second kappa shape index (κ2) is 10.5. The van der Waals surface area contributed by atoms with Crippen molar-refractivity contribution in [1.82, 2.24) is 5.32 Å². The Morgan fingerprint density at radius 1 is 1.25 bits per heavy atom. The summed E-state index contributed by atoms with van der Waals surface area (Å²) in [5.41, 5.74) is 6.87. The molecule has 0 bridgehead atoms. The molecule has 1 aliphatic carbocycles. The molecule has 6 nitrogen and oxygen atoms in total. The van der Waals surface area contributed by atoms with E-state index < -0.39 is 0 Å². The molecule has 7 heteroatoms. The number of aliphatic imine (C=N–C) groups is 1. The zero-order valence-electron chi connectivity index (χ0n) is 14.6. The van der Waals surface area contributed by atoms with Crippen LogP contribution in [0.1, 0.15) is 31.7 Å². The predicted molar refractivity (Wildman–Crippen MR) is 107 cm³/mol. The van der Waals surface area contributed by atoms with Gasteiger partial charge >= 0.3 is 0 Å². The molecule has 0 aliphatic heterocycles. The molecule has 0 atom stereocenters. The Kier molecular flexibility index (Phi) is 9.02. The van der Waals surface area contributed by atoms with Gasteiger partial charge in [0, 0.05) is 6.54 Å². The number of hydrogen-bond donors (Lipinski definition) is 2. The Bertz CT molecular complexity index is 523. The number of ether oxygens (including phenoxy) is 3. The van der Waals surface area contributed by atoms with Crippen molar-refractivity contribution >= 4 is 29.9 Å². The number of hydrogen-bond acceptors (Lipinski definition) is 4. The number of rotatable bonds is 8. The lowest BCUT2D eigenvalue weighted by Gasteiger charge is -2.25. The molecule has 0 amide bonds. The quantitative estimate of drug-likeness (QED) is 0.363. The number of nitrogens with one attached hydrogen (secondary N) is 1. The molecule has 1 aliphatic rings. The average molecular weight is 449 g/mol. The fraction of sp³-hybridized carbons (Fsp3) is 0.588. The second-order valence-corrected chi connectivity index (χ2v) is 5.64. The van der Waals surface area contributed by atoms with E-state index >= 15 is 0 Å². The third-order valence-corrected chi connectivity index (χ3v) is 4.04. The molecule has 136 valence electrons. The third-order valence-electron chi connectivity index (χ3n) is 4.04. The molecule has 1 fully saturated rings. The lowest BCUT2D eigenvalue weighted by molar-refractivity contribution is 0.288. The van der Waals surface area contributed by atoms with Gasteiger partial charge in [0.2, 0.25) is 5.75 Å². The van der Waals surface area contributed by atoms with Crippen LogP contribution < -0.4 is 25.3 Å². The van der Waals surface area contributed by atoms with Gasteiger partial charge in [-0.15, -0.1) is 24.0 Å². The number of halogens is 1. The van der Waals surface area contributed by atoms with E-state index in [1.165, 1.54) is 19.3 Å². The predicted octanol–water partition coefficient (Wildman–Crippen LogP) is 2.92. The van der Waals surface area contributed by atoms with Crippen LogP contribution in [0.15, 0.2) is 17.1 Å². The van der Waals surface area contributed by atoms with Crippen LogP contribution in [-0.4, -0.2) is 33.3 Å². The van der Waals surface area contributed by atoms with Gasteiger partial charge in [-0.25, -0.2) is 4.99 Å². The molecule has 0 saturated heterocycles. The van der Waals surface area contributed by atoms with Gasteiger partial charge in [-0.3, -0.25) is 0 Å². The van der Waals surface area contributed by atoms with E-state index in [4.69, 9.17) is 19.9 Å². The van der Waals surface area contributed by atoms with Crippen molar-refractivity contribution in [2.45, 2.75) is 32.7 Å². The summed E-state index contributed by atoms with van der Waals surface area (Å²) in [6.45, 7) is 3.84. The van der Waals surface area contributed by atoms with Crippen molar-refractivity contribution in [3.8, 4) is 17.2 Å². The third kappa shape index (κ3) is 5.61. The van der Waals surface area contributed by atoms with Gasteiger partial charge in [0.05, 0.1) is 27.4 Å². The maximum atomic E-state index is 5.92. The molecule has 0 heterocycles. The van der Waals surface area contributed by atoms with Gasteiger partial charge in [0.1, 0.15) is 0 Å². The zero-order chi connectivity index (χ0) is 16.7. The Hall–Kier alpha value is -1.38. The van der Waals surface area contributed by atoms with Crippen molar-refractivity contribution in [2.24, 2.45) is 16.6 Å². The van der Waals surface area contributed by atoms with E-state index in [-0.39, 0.29) is 24.0 Å². The Morgan fingerprint density at radius 3 is 2.33 bits per heavy atom. The first-order chi connectivity index (χ1) is 11.2. The molecule has 0 spiro atoms. The number of nitrogens with two attached hydrogens (primary N) is 1. The monoisotopic (exact) mass is 449 g/mol. The highest BCUT2D eigenvalue weighted by Crippen LogP contribution is 2.38. The lowest BCUT2D eigenvalue weighted by atomic mass is 9.85. The second-order valence-electron chi connectivity index (χ2n) is 5.64. The molecule has 24 heavy (non-hydrogen) atoms. The van der Waals surface area contributed by atoms with Crippen LogP contribution in [0.4, 0.5) is 0 Å². The molecule has 0 radical (unpaired) electrons. The van der Waals surface area contributed by atoms with Gasteiger partial charge in [-0.05, 0) is 43.4 Å². The Labute approximate surface area is 161 Å². The first kappa shape index (κ1) is 20.7. The molecular weight excluding hydrogens is 421 g/mol. The van der Waals surface area contributed by atoms with Gasteiger partial charge in [-0.1, -0.05) is 6.42 Å². The summed E-state index contributed by atoms with van der Waals surface area (Å²) in [5.74, 6) is 3.11. The minimum Gasteiger partial charge on any atom is -0.493 e. The number of benzene rings is 1. The fourth-order valence-electron chi connectivity index (χ4n) is 2.49. The van der Waals surface area contributed by atoms with Crippen molar-refractivity contribution in [1.29, 1.82) is 0 Å². The summed E-state index contributed by atoms with van der Waals surface area (Å²) in [7, 11) is 3.22. The highest BCUT2D eigenvalue weighted by atomic mass is 127. The molecule has 1 saturated carbocycles. The maximum absolute atomic E-state index is 5.92. The standard InChI is InChI=1S/C17H27N3O3.HI/c1-4-23-16-14(21-2)8-13(9-15(16)22-3)11-20-17(18)19-10-12-6-5-7-12;/h8-9,12H,4-7,10-11H2,1-3H3,(H3,18,19,20);1H. The van der Waals surface area contributed by atoms with Crippen molar-refractivity contribution in [2.75, 3.05) is 27.4 Å². The van der Waals surface area contributed by atoms with Crippen LogP contribution in [0.2, 0.25) is 0 Å². The average Bonchev–Trinajstić information content (AvgIpc) is 2.52. The lowest BCUT2D eigenvalue weighted by Crippen LogP contribution is -2.37. The van der Waals surface area contributed by atoms with E-state index in [1.807, 2.05) is 19.1 Å². The summed E-state index contributed by atoms with van der Waals surface area (Å²) in [6, 6.07) is 3.80. The van der Waals surface area contributed by atoms with E-state index in [9.17, 15) is 0 Å². The first-order valence-corrected chi connectivity index (χ1v) is 8.09. The van der Waals surface area contributed by atoms with Crippen molar-refractivity contribution in [3.05, 3.63) is 17.7 Å². The van der Waals surface area contributed by atoms with Gasteiger partial charge in [-0.2, -0.15) is 0 Å². The maximum Gasteiger partial charge on any atom is 0.203 e. The van der Waals surface area contributed by atoms with Gasteiger partial charge in [0.25, 0.3) is 0 Å². The largest absolute Gasteiger partial charge is 0.493 e. The zero-order valence-corrected chi connectivity index (χ0v) is 17.0. The smallest absolute Gasteiger partial charge is 0.203 e. The van der Waals surface area contributed by atoms with Crippen LogP contribution in [0.25, 0.3) is 0 Å². The van der Waals surface area contributed by atoms with Crippen LogP contribution in [0.5, 0.6) is 17.2 Å². The molecule has 0 aromatic heterocycles. The summed E-state index contributed by atoms with van der Waals surface area (Å²) in [6.07, 6.45) is 3.90. The molecule has 1 aromatic carbocycles. The van der Waals surface area contributed by atoms with Crippen LogP contribution in [0, 0.1) is 5.92 Å². The summed E-state index contributed by atoms with van der Waals surface area (Å²) >= 11 is 0. The topological polar surface area (TPSA) is 78.1 Å². The minimum atomic E-state index is 0. The van der Waals surface area contributed by atoms with Crippen LogP contribution in [0.3, 0.4) is 0 Å². The molecule has 0 unspecified atom stereocenters. The number of methoxy groups -OCH3 is 2.